The molecule has 7 nitrogen and oxygen atoms in total. The Morgan fingerprint density at radius 3 is 2.76 bits per heavy atom. The van der Waals surface area contributed by atoms with Gasteiger partial charge in [-0.2, -0.15) is 0 Å². The van der Waals surface area contributed by atoms with Crippen LogP contribution in [0.25, 0.3) is 0 Å². The predicted octanol–water partition coefficient (Wildman–Crippen LogP) is -0.579. The Bertz CT molecular complexity index is 441. The second kappa shape index (κ2) is 8.43. The molecule has 0 spiro atoms. The van der Waals surface area contributed by atoms with Crippen molar-refractivity contribution in [2.45, 2.75) is 6.42 Å². The van der Waals surface area contributed by atoms with Gasteiger partial charge >= 0.3 is 0 Å². The van der Waals surface area contributed by atoms with Gasteiger partial charge in [-0.15, -0.1) is 0 Å². The smallest absolute Gasteiger partial charge is 0.286 e. The topological polar surface area (TPSA) is 86.6 Å². The van der Waals surface area contributed by atoms with Crippen LogP contribution in [-0.2, 0) is 4.79 Å². The summed E-state index contributed by atoms with van der Waals surface area (Å²) >= 11 is 0. The first-order valence-corrected chi connectivity index (χ1v) is 7.27. The van der Waals surface area contributed by atoms with Crippen LogP contribution >= 0.6 is 0 Å². The summed E-state index contributed by atoms with van der Waals surface area (Å²) in [5.74, 6) is -0.0902. The molecule has 0 saturated carbocycles. The number of hydrogen-bond donors (Lipinski definition) is 3. The van der Waals surface area contributed by atoms with E-state index in [1.807, 2.05) is 0 Å². The largest absolute Gasteiger partial charge is 0.459 e. The lowest BCUT2D eigenvalue weighted by molar-refractivity contribution is -0.121. The number of amides is 2. The highest BCUT2D eigenvalue weighted by atomic mass is 16.3. The zero-order valence-corrected chi connectivity index (χ0v) is 12.1. The van der Waals surface area contributed by atoms with E-state index in [9.17, 15) is 9.59 Å². The summed E-state index contributed by atoms with van der Waals surface area (Å²) in [5, 5.41) is 8.79. The van der Waals surface area contributed by atoms with E-state index >= 15 is 0 Å². The fourth-order valence-electron chi connectivity index (χ4n) is 2.16. The Morgan fingerprint density at radius 2 is 2.05 bits per heavy atom. The fourth-order valence-corrected chi connectivity index (χ4v) is 2.16. The molecule has 1 fully saturated rings. The molecule has 0 unspecified atom stereocenters. The molecule has 0 atom stereocenters. The van der Waals surface area contributed by atoms with Crippen molar-refractivity contribution in [3.8, 4) is 0 Å². The van der Waals surface area contributed by atoms with Crippen molar-refractivity contribution in [1.29, 1.82) is 0 Å². The van der Waals surface area contributed by atoms with E-state index in [1.165, 1.54) is 6.26 Å². The van der Waals surface area contributed by atoms with Gasteiger partial charge in [0.25, 0.3) is 5.91 Å². The number of furan rings is 1. The van der Waals surface area contributed by atoms with E-state index in [1.54, 1.807) is 12.1 Å². The molecular formula is C14H22N4O3. The van der Waals surface area contributed by atoms with Gasteiger partial charge in [0.15, 0.2) is 5.76 Å². The molecule has 0 bridgehead atoms. The maximum absolute atomic E-state index is 11.6. The first kappa shape index (κ1) is 15.5. The van der Waals surface area contributed by atoms with E-state index in [4.69, 9.17) is 4.42 Å². The average molecular weight is 294 g/mol. The summed E-state index contributed by atoms with van der Waals surface area (Å²) in [6, 6.07) is 3.24. The Morgan fingerprint density at radius 1 is 1.24 bits per heavy atom. The molecule has 1 saturated heterocycles. The van der Waals surface area contributed by atoms with E-state index in [-0.39, 0.29) is 24.0 Å². The Balaban J connectivity index is 1.52. The van der Waals surface area contributed by atoms with Crippen LogP contribution in [0, 0.1) is 0 Å². The lowest BCUT2D eigenvalue weighted by Gasteiger charge is -2.27. The van der Waals surface area contributed by atoms with Crippen molar-refractivity contribution < 1.29 is 14.0 Å². The van der Waals surface area contributed by atoms with E-state index in [2.05, 4.69) is 20.9 Å². The number of rotatable bonds is 7. The third-order valence-electron chi connectivity index (χ3n) is 3.34. The van der Waals surface area contributed by atoms with Gasteiger partial charge in [-0.3, -0.25) is 14.5 Å². The maximum Gasteiger partial charge on any atom is 0.286 e. The van der Waals surface area contributed by atoms with Crippen molar-refractivity contribution in [1.82, 2.24) is 20.9 Å². The van der Waals surface area contributed by atoms with Crippen molar-refractivity contribution in [2.24, 2.45) is 0 Å². The van der Waals surface area contributed by atoms with Crippen molar-refractivity contribution in [3.05, 3.63) is 24.2 Å². The molecule has 2 amide bonds. The quantitative estimate of drug-likeness (QED) is 0.626. The van der Waals surface area contributed by atoms with Gasteiger partial charge in [0.2, 0.25) is 5.91 Å². The minimum Gasteiger partial charge on any atom is -0.459 e. The summed E-state index contributed by atoms with van der Waals surface area (Å²) in [5.41, 5.74) is 0. The zero-order valence-electron chi connectivity index (χ0n) is 12.1. The molecule has 1 aliphatic rings. The number of nitrogens with one attached hydrogen (secondary N) is 3. The van der Waals surface area contributed by atoms with E-state index in [0.717, 1.165) is 32.7 Å². The van der Waals surface area contributed by atoms with Crippen molar-refractivity contribution >= 4 is 11.8 Å². The van der Waals surface area contributed by atoms with E-state index < -0.39 is 0 Å². The number of carbonyl (C=O) groups is 2. The summed E-state index contributed by atoms with van der Waals surface area (Å²) in [6.07, 6.45) is 1.71. The van der Waals surface area contributed by atoms with Crippen LogP contribution in [0.1, 0.15) is 17.0 Å². The van der Waals surface area contributed by atoms with Crippen LogP contribution in [0.15, 0.2) is 22.8 Å². The monoisotopic (exact) mass is 294 g/mol. The van der Waals surface area contributed by atoms with Gasteiger partial charge in [0.05, 0.1) is 6.26 Å². The van der Waals surface area contributed by atoms with Gasteiger partial charge in [-0.1, -0.05) is 0 Å². The van der Waals surface area contributed by atoms with Crippen LogP contribution in [0.3, 0.4) is 0 Å². The fraction of sp³-hybridized carbons (Fsp3) is 0.571. The molecule has 21 heavy (non-hydrogen) atoms. The molecule has 7 heteroatoms. The highest BCUT2D eigenvalue weighted by Gasteiger charge is 2.10. The van der Waals surface area contributed by atoms with Gasteiger partial charge < -0.3 is 20.4 Å². The second-order valence-electron chi connectivity index (χ2n) is 4.92. The summed E-state index contributed by atoms with van der Waals surface area (Å²) in [7, 11) is 0. The molecule has 116 valence electrons. The van der Waals surface area contributed by atoms with Crippen LogP contribution in [0.5, 0.6) is 0 Å². The normalized spacial score (nSPS) is 15.6. The van der Waals surface area contributed by atoms with E-state index in [0.29, 0.717) is 13.1 Å². The molecule has 2 heterocycles. The Hall–Kier alpha value is -1.86. The van der Waals surface area contributed by atoms with Gasteiger partial charge in [-0.05, 0) is 12.1 Å². The third-order valence-corrected chi connectivity index (χ3v) is 3.34. The molecule has 2 rings (SSSR count). The van der Waals surface area contributed by atoms with Crippen molar-refractivity contribution in [2.75, 3.05) is 45.8 Å². The lowest BCUT2D eigenvalue weighted by Crippen LogP contribution is -2.46. The Labute approximate surface area is 124 Å². The number of carbonyl (C=O) groups excluding carboxylic acids is 2. The molecular weight excluding hydrogens is 272 g/mol. The number of piperazine rings is 1. The summed E-state index contributed by atoms with van der Waals surface area (Å²) in [6.45, 7) is 5.87. The van der Waals surface area contributed by atoms with Crippen LogP contribution in [0.2, 0.25) is 0 Å². The second-order valence-corrected chi connectivity index (χ2v) is 4.92. The molecule has 0 aromatic carbocycles. The zero-order chi connectivity index (χ0) is 14.9. The highest BCUT2D eigenvalue weighted by molar-refractivity contribution is 5.91. The average Bonchev–Trinajstić information content (AvgIpc) is 3.02. The van der Waals surface area contributed by atoms with Crippen LogP contribution in [0.4, 0.5) is 0 Å². The first-order chi connectivity index (χ1) is 10.3. The highest BCUT2D eigenvalue weighted by Crippen LogP contribution is 1.98. The summed E-state index contributed by atoms with van der Waals surface area (Å²) < 4.78 is 4.96. The van der Waals surface area contributed by atoms with Gasteiger partial charge in [0, 0.05) is 52.2 Å². The lowest BCUT2D eigenvalue weighted by atomic mass is 10.3. The minimum atomic E-state index is -0.298. The Kier molecular flexibility index (Phi) is 6.23. The standard InChI is InChI=1S/C14H22N4O3/c19-13(16-7-10-18-8-5-15-6-9-18)3-4-17-14(20)12-2-1-11-21-12/h1-2,11,15H,3-10H2,(H,16,19)(H,17,20). The molecule has 1 aliphatic heterocycles. The number of hydrogen-bond acceptors (Lipinski definition) is 5. The van der Waals surface area contributed by atoms with Crippen molar-refractivity contribution in [3.63, 3.8) is 0 Å². The molecule has 0 radical (unpaired) electrons. The minimum absolute atomic E-state index is 0.0510. The molecule has 3 N–H and O–H groups in total. The van der Waals surface area contributed by atoms with Crippen LogP contribution in [-0.4, -0.2) is 62.5 Å². The summed E-state index contributed by atoms with van der Waals surface area (Å²) in [4.78, 5) is 25.5. The maximum atomic E-state index is 11.6. The van der Waals surface area contributed by atoms with Gasteiger partial charge in [-0.25, -0.2) is 0 Å². The third kappa shape index (κ3) is 5.57. The predicted molar refractivity (Wildman–Crippen MR) is 78.0 cm³/mol. The SMILES string of the molecule is O=C(CCNC(=O)c1ccco1)NCCN1CCNCC1. The molecule has 0 aliphatic carbocycles. The van der Waals surface area contributed by atoms with Crippen LogP contribution < -0.4 is 16.0 Å². The first-order valence-electron chi connectivity index (χ1n) is 7.27. The van der Waals surface area contributed by atoms with Gasteiger partial charge in [0.1, 0.15) is 0 Å². The number of nitrogens with zero attached hydrogens (tertiary/aromatic N) is 1. The molecule has 1 aromatic rings. The molecule has 1 aromatic heterocycles.